The number of methoxy groups -OCH3 is 1. The lowest BCUT2D eigenvalue weighted by Gasteiger charge is -2.17. The Morgan fingerprint density at radius 2 is 1.89 bits per heavy atom. The molecular weight excluding hydrogens is 252 g/mol. The van der Waals surface area contributed by atoms with Crippen molar-refractivity contribution in [2.75, 3.05) is 20.2 Å². The number of carbonyl (C=O) groups is 3. The van der Waals surface area contributed by atoms with Gasteiger partial charge in [-0.1, -0.05) is 13.8 Å². The maximum absolute atomic E-state index is 11.7. The average molecular weight is 274 g/mol. The number of carbonyl (C=O) groups excluding carboxylic acids is 2. The molecule has 0 aromatic carbocycles. The topological polar surface area (TPSA) is 105 Å². The Bertz CT molecular complexity index is 317. The Kier molecular flexibility index (Phi) is 8.52. The second-order valence-corrected chi connectivity index (χ2v) is 4.58. The van der Waals surface area contributed by atoms with E-state index in [0.29, 0.717) is 12.5 Å². The quantitative estimate of drug-likeness (QED) is 0.501. The molecule has 0 aromatic heterocycles. The predicted octanol–water partition coefficient (Wildman–Crippen LogP) is -0.245. The Morgan fingerprint density at radius 1 is 1.26 bits per heavy atom. The van der Waals surface area contributed by atoms with Crippen LogP contribution in [0.15, 0.2) is 0 Å². The molecule has 0 unspecified atom stereocenters. The second kappa shape index (κ2) is 9.32. The zero-order valence-electron chi connectivity index (χ0n) is 11.6. The van der Waals surface area contributed by atoms with Gasteiger partial charge in [-0.15, -0.1) is 0 Å². The minimum absolute atomic E-state index is 0.267. The first-order valence-corrected chi connectivity index (χ1v) is 6.16. The molecule has 3 N–H and O–H groups in total. The van der Waals surface area contributed by atoms with Crippen LogP contribution in [-0.4, -0.2) is 49.2 Å². The van der Waals surface area contributed by atoms with Gasteiger partial charge in [0.2, 0.25) is 5.91 Å². The van der Waals surface area contributed by atoms with Crippen LogP contribution in [0.25, 0.3) is 0 Å². The molecule has 0 saturated carbocycles. The van der Waals surface area contributed by atoms with E-state index < -0.39 is 23.9 Å². The van der Waals surface area contributed by atoms with E-state index in [4.69, 9.17) is 5.11 Å². The summed E-state index contributed by atoms with van der Waals surface area (Å²) in [5.74, 6) is -1.72. The fraction of sp³-hybridized carbons (Fsp3) is 0.750. The molecular formula is C12H22N2O5. The van der Waals surface area contributed by atoms with Crippen molar-refractivity contribution in [1.29, 1.82) is 0 Å². The van der Waals surface area contributed by atoms with Crippen LogP contribution in [0.4, 0.5) is 0 Å². The third kappa shape index (κ3) is 9.01. The lowest BCUT2D eigenvalue weighted by atomic mass is 10.1. The molecule has 19 heavy (non-hydrogen) atoms. The zero-order valence-corrected chi connectivity index (χ0v) is 11.6. The van der Waals surface area contributed by atoms with Crippen LogP contribution < -0.4 is 10.6 Å². The van der Waals surface area contributed by atoms with Crippen molar-refractivity contribution in [2.45, 2.75) is 32.7 Å². The van der Waals surface area contributed by atoms with Gasteiger partial charge in [0.15, 0.2) is 0 Å². The van der Waals surface area contributed by atoms with Gasteiger partial charge in [0, 0.05) is 0 Å². The number of carboxylic acid groups (broad SMARTS) is 1. The summed E-state index contributed by atoms with van der Waals surface area (Å²) in [6.07, 6.45) is 0.505. The van der Waals surface area contributed by atoms with Crippen LogP contribution >= 0.6 is 0 Å². The lowest BCUT2D eigenvalue weighted by Crippen LogP contribution is -2.47. The summed E-state index contributed by atoms with van der Waals surface area (Å²) in [5, 5.41) is 14.0. The molecule has 1 amide bonds. The van der Waals surface area contributed by atoms with Gasteiger partial charge in [0.05, 0.1) is 19.6 Å². The van der Waals surface area contributed by atoms with E-state index in [9.17, 15) is 14.4 Å². The molecule has 0 saturated heterocycles. The molecule has 110 valence electrons. The van der Waals surface area contributed by atoms with E-state index in [1.54, 1.807) is 0 Å². The van der Waals surface area contributed by atoms with Crippen molar-refractivity contribution in [3.05, 3.63) is 0 Å². The number of ether oxygens (including phenoxy) is 1. The Hall–Kier alpha value is -1.63. The molecule has 7 nitrogen and oxygen atoms in total. The molecule has 1 atom stereocenters. The lowest BCUT2D eigenvalue weighted by molar-refractivity contribution is -0.142. The Balaban J connectivity index is 4.26. The first-order valence-electron chi connectivity index (χ1n) is 6.16. The molecule has 7 heteroatoms. The van der Waals surface area contributed by atoms with Crippen molar-refractivity contribution in [2.24, 2.45) is 5.92 Å². The maximum atomic E-state index is 11.7. The number of rotatable bonds is 9. The van der Waals surface area contributed by atoms with Crippen LogP contribution in [0.3, 0.4) is 0 Å². The summed E-state index contributed by atoms with van der Waals surface area (Å²) in [7, 11) is 1.21. The summed E-state index contributed by atoms with van der Waals surface area (Å²) < 4.78 is 4.38. The third-order valence-electron chi connectivity index (χ3n) is 2.44. The van der Waals surface area contributed by atoms with Gasteiger partial charge in [-0.05, 0) is 18.9 Å². The zero-order chi connectivity index (χ0) is 14.8. The molecule has 0 fully saturated rings. The van der Waals surface area contributed by atoms with Gasteiger partial charge in [0.1, 0.15) is 6.54 Å². The highest BCUT2D eigenvalue weighted by molar-refractivity contribution is 5.88. The molecule has 0 spiro atoms. The number of carboxylic acids is 1. The third-order valence-corrected chi connectivity index (χ3v) is 2.44. The number of aliphatic carboxylic acids is 1. The van der Waals surface area contributed by atoms with E-state index in [0.717, 1.165) is 6.42 Å². The number of esters is 1. The Morgan fingerprint density at radius 3 is 2.37 bits per heavy atom. The monoisotopic (exact) mass is 274 g/mol. The number of nitrogens with one attached hydrogen (secondary N) is 2. The largest absolute Gasteiger partial charge is 0.481 e. The maximum Gasteiger partial charge on any atom is 0.325 e. The van der Waals surface area contributed by atoms with Crippen LogP contribution in [0.1, 0.15) is 26.7 Å². The minimum atomic E-state index is -1.07. The molecule has 0 rings (SSSR count). The van der Waals surface area contributed by atoms with Gasteiger partial charge >= 0.3 is 11.9 Å². The standard InChI is InChI=1S/C12H22N2O5/c1-8(2)4-5-13-9(6-10(15)16)12(18)14-7-11(17)19-3/h8-9,13H,4-7H2,1-3H3,(H,14,18)(H,15,16)/t9-/m0/s1. The highest BCUT2D eigenvalue weighted by Crippen LogP contribution is 1.99. The SMILES string of the molecule is COC(=O)CNC(=O)[C@H](CC(=O)O)NCCC(C)C. The van der Waals surface area contributed by atoms with Gasteiger partial charge in [-0.2, -0.15) is 0 Å². The first-order chi connectivity index (χ1) is 8.86. The van der Waals surface area contributed by atoms with E-state index in [1.807, 2.05) is 13.8 Å². The molecule has 0 bridgehead atoms. The first kappa shape index (κ1) is 17.4. The van der Waals surface area contributed by atoms with Crippen LogP contribution in [-0.2, 0) is 19.1 Å². The van der Waals surface area contributed by atoms with Crippen molar-refractivity contribution in [1.82, 2.24) is 10.6 Å². The van der Waals surface area contributed by atoms with E-state index in [1.165, 1.54) is 7.11 Å². The predicted molar refractivity (Wildman–Crippen MR) is 68.5 cm³/mol. The second-order valence-electron chi connectivity index (χ2n) is 4.58. The van der Waals surface area contributed by atoms with Crippen LogP contribution in [0.5, 0.6) is 0 Å². The van der Waals surface area contributed by atoms with E-state index in [2.05, 4.69) is 15.4 Å². The molecule has 0 radical (unpaired) electrons. The van der Waals surface area contributed by atoms with Gasteiger partial charge in [0.25, 0.3) is 0 Å². The number of hydrogen-bond acceptors (Lipinski definition) is 5. The summed E-state index contributed by atoms with van der Waals surface area (Å²) in [6, 6.07) is -0.846. The smallest absolute Gasteiger partial charge is 0.325 e. The summed E-state index contributed by atoms with van der Waals surface area (Å²) in [4.78, 5) is 33.3. The molecule has 0 aromatic rings. The van der Waals surface area contributed by atoms with Crippen LogP contribution in [0.2, 0.25) is 0 Å². The number of hydrogen-bond donors (Lipinski definition) is 3. The van der Waals surface area contributed by atoms with Gasteiger partial charge in [-0.3, -0.25) is 14.4 Å². The molecule has 0 aliphatic rings. The highest BCUT2D eigenvalue weighted by Gasteiger charge is 2.21. The highest BCUT2D eigenvalue weighted by atomic mass is 16.5. The normalized spacial score (nSPS) is 12.0. The van der Waals surface area contributed by atoms with Crippen molar-refractivity contribution < 1.29 is 24.2 Å². The summed E-state index contributed by atoms with van der Waals surface area (Å²) in [5.41, 5.74) is 0. The van der Waals surface area contributed by atoms with Crippen molar-refractivity contribution in [3.8, 4) is 0 Å². The van der Waals surface area contributed by atoms with Crippen LogP contribution in [0, 0.1) is 5.92 Å². The fourth-order valence-electron chi connectivity index (χ4n) is 1.33. The number of amides is 1. The summed E-state index contributed by atoms with van der Waals surface area (Å²) in [6.45, 7) is 4.34. The fourth-order valence-corrected chi connectivity index (χ4v) is 1.33. The average Bonchev–Trinajstić information content (AvgIpc) is 2.33. The molecule has 0 aliphatic heterocycles. The Labute approximate surface area is 112 Å². The molecule has 0 heterocycles. The van der Waals surface area contributed by atoms with E-state index >= 15 is 0 Å². The van der Waals surface area contributed by atoms with E-state index in [-0.39, 0.29) is 13.0 Å². The van der Waals surface area contributed by atoms with Gasteiger partial charge in [-0.25, -0.2) is 0 Å². The van der Waals surface area contributed by atoms with Crippen molar-refractivity contribution >= 4 is 17.8 Å². The minimum Gasteiger partial charge on any atom is -0.481 e. The summed E-state index contributed by atoms with van der Waals surface area (Å²) >= 11 is 0. The van der Waals surface area contributed by atoms with Gasteiger partial charge < -0.3 is 20.5 Å². The molecule has 0 aliphatic carbocycles. The van der Waals surface area contributed by atoms with Crippen molar-refractivity contribution in [3.63, 3.8) is 0 Å².